The van der Waals surface area contributed by atoms with Crippen molar-refractivity contribution in [2.75, 3.05) is 40.0 Å². The van der Waals surface area contributed by atoms with E-state index < -0.39 is 0 Å². The topological polar surface area (TPSA) is 75.1 Å². The molecule has 0 bridgehead atoms. The summed E-state index contributed by atoms with van der Waals surface area (Å²) in [7, 11) is 1.78. The third kappa shape index (κ3) is 6.11. The van der Waals surface area contributed by atoms with Crippen molar-refractivity contribution in [1.82, 2.24) is 10.6 Å². The molecule has 1 aromatic rings. The van der Waals surface area contributed by atoms with Gasteiger partial charge in [0, 0.05) is 52.1 Å². The highest BCUT2D eigenvalue weighted by Crippen LogP contribution is 2.30. The molecule has 0 atom stereocenters. The van der Waals surface area contributed by atoms with Crippen molar-refractivity contribution < 1.29 is 14.6 Å². The van der Waals surface area contributed by atoms with E-state index in [2.05, 4.69) is 21.7 Å². The molecule has 2 aliphatic rings. The van der Waals surface area contributed by atoms with Crippen molar-refractivity contribution >= 4 is 5.96 Å². The molecule has 0 aromatic heterocycles. The van der Waals surface area contributed by atoms with Gasteiger partial charge >= 0.3 is 0 Å². The van der Waals surface area contributed by atoms with Gasteiger partial charge in [0.1, 0.15) is 5.75 Å². The number of phenols is 1. The molecule has 0 unspecified atom stereocenters. The zero-order valence-corrected chi connectivity index (χ0v) is 17.1. The molecule has 1 aromatic carbocycles. The van der Waals surface area contributed by atoms with Gasteiger partial charge in [-0.3, -0.25) is 4.99 Å². The summed E-state index contributed by atoms with van der Waals surface area (Å²) in [4.78, 5) is 4.29. The van der Waals surface area contributed by atoms with E-state index in [9.17, 15) is 5.11 Å². The number of rotatable bonds is 8. The van der Waals surface area contributed by atoms with Crippen LogP contribution in [0.3, 0.4) is 0 Å². The van der Waals surface area contributed by atoms with Crippen LogP contribution in [0.4, 0.5) is 0 Å². The molecule has 3 rings (SSSR count). The Bertz CT molecular complexity index is 642. The highest BCUT2D eigenvalue weighted by molar-refractivity contribution is 5.79. The van der Waals surface area contributed by atoms with E-state index in [4.69, 9.17) is 9.47 Å². The van der Waals surface area contributed by atoms with E-state index in [1.165, 1.54) is 24.0 Å². The molecule has 156 valence electrons. The van der Waals surface area contributed by atoms with Crippen molar-refractivity contribution in [3.8, 4) is 5.75 Å². The second-order valence-corrected chi connectivity index (χ2v) is 7.74. The van der Waals surface area contributed by atoms with Gasteiger partial charge in [-0.05, 0) is 68.1 Å². The van der Waals surface area contributed by atoms with Crippen molar-refractivity contribution in [1.29, 1.82) is 0 Å². The summed E-state index contributed by atoms with van der Waals surface area (Å²) in [5, 5.41) is 17.0. The Morgan fingerprint density at radius 2 is 2.04 bits per heavy atom. The van der Waals surface area contributed by atoms with E-state index >= 15 is 0 Å². The molecule has 0 saturated carbocycles. The lowest BCUT2D eigenvalue weighted by Crippen LogP contribution is -2.38. The molecular weight excluding hydrogens is 354 g/mol. The second kappa shape index (κ2) is 11.3. The quantitative estimate of drug-likeness (QED) is 0.362. The summed E-state index contributed by atoms with van der Waals surface area (Å²) in [6.45, 7) is 4.75. The van der Waals surface area contributed by atoms with Crippen LogP contribution in [-0.4, -0.2) is 51.1 Å². The summed E-state index contributed by atoms with van der Waals surface area (Å²) < 4.78 is 11.2. The molecule has 1 heterocycles. The normalized spacial score (nSPS) is 18.0. The van der Waals surface area contributed by atoms with Gasteiger partial charge in [-0.25, -0.2) is 0 Å². The fraction of sp³-hybridized carbons (Fsp3) is 0.682. The lowest BCUT2D eigenvalue weighted by molar-refractivity contribution is 0.0203. The number of nitrogens with zero attached hydrogens (tertiary/aromatic N) is 1. The van der Waals surface area contributed by atoms with Crippen molar-refractivity contribution in [2.45, 2.75) is 51.5 Å². The first-order valence-electron chi connectivity index (χ1n) is 10.7. The van der Waals surface area contributed by atoms with Crippen LogP contribution in [-0.2, 0) is 28.9 Å². The molecule has 28 heavy (non-hydrogen) atoms. The highest BCUT2D eigenvalue weighted by Gasteiger charge is 2.16. The summed E-state index contributed by atoms with van der Waals surface area (Å²) in [5.74, 6) is 1.79. The van der Waals surface area contributed by atoms with E-state index in [0.717, 1.165) is 76.6 Å². The van der Waals surface area contributed by atoms with Gasteiger partial charge in [0.05, 0.1) is 0 Å². The molecule has 1 saturated heterocycles. The number of benzene rings is 1. The van der Waals surface area contributed by atoms with Crippen LogP contribution in [0, 0.1) is 5.92 Å². The first-order valence-corrected chi connectivity index (χ1v) is 10.7. The van der Waals surface area contributed by atoms with Gasteiger partial charge in [-0.15, -0.1) is 0 Å². The molecule has 6 nitrogen and oxygen atoms in total. The van der Waals surface area contributed by atoms with Gasteiger partial charge in [0.15, 0.2) is 5.96 Å². The Balaban J connectivity index is 1.36. The Morgan fingerprint density at radius 3 is 2.86 bits per heavy atom. The highest BCUT2D eigenvalue weighted by atomic mass is 16.5. The molecule has 0 radical (unpaired) electrons. The molecular formula is C22H35N3O3. The molecule has 0 spiro atoms. The van der Waals surface area contributed by atoms with Crippen molar-refractivity contribution in [3.05, 3.63) is 28.8 Å². The summed E-state index contributed by atoms with van der Waals surface area (Å²) in [6, 6.07) is 3.90. The molecule has 3 N–H and O–H groups in total. The second-order valence-electron chi connectivity index (χ2n) is 7.74. The Hall–Kier alpha value is -1.79. The van der Waals surface area contributed by atoms with Crippen LogP contribution >= 0.6 is 0 Å². The Labute approximate surface area is 168 Å². The smallest absolute Gasteiger partial charge is 0.191 e. The molecule has 1 aliphatic carbocycles. The maximum Gasteiger partial charge on any atom is 0.191 e. The Morgan fingerprint density at radius 1 is 1.21 bits per heavy atom. The van der Waals surface area contributed by atoms with Gasteiger partial charge in [-0.2, -0.15) is 0 Å². The molecule has 1 aliphatic heterocycles. The van der Waals surface area contributed by atoms with Crippen LogP contribution in [0.1, 0.15) is 48.8 Å². The van der Waals surface area contributed by atoms with Crippen LogP contribution < -0.4 is 10.6 Å². The minimum absolute atomic E-state index is 0.380. The first-order chi connectivity index (χ1) is 13.8. The third-order valence-corrected chi connectivity index (χ3v) is 5.73. The fourth-order valence-electron chi connectivity index (χ4n) is 4.03. The monoisotopic (exact) mass is 389 g/mol. The average molecular weight is 390 g/mol. The van der Waals surface area contributed by atoms with E-state index in [0.29, 0.717) is 18.2 Å². The molecule has 1 fully saturated rings. The summed E-state index contributed by atoms with van der Waals surface area (Å²) >= 11 is 0. The fourth-order valence-corrected chi connectivity index (χ4v) is 4.03. The zero-order chi connectivity index (χ0) is 19.6. The van der Waals surface area contributed by atoms with Crippen molar-refractivity contribution in [2.24, 2.45) is 10.9 Å². The van der Waals surface area contributed by atoms with Gasteiger partial charge < -0.3 is 25.2 Å². The minimum atomic E-state index is 0.380. The number of hydrogen-bond donors (Lipinski definition) is 3. The number of guanidine groups is 1. The molecule has 6 heteroatoms. The predicted molar refractivity (Wildman–Crippen MR) is 112 cm³/mol. The SMILES string of the molecule is CN=C(NCCCOCC1CCOCC1)NCc1c(O)ccc2c1CCCC2. The standard InChI is InChI=1S/C22H35N3O3/c1-23-22(24-11-4-12-28-16-17-9-13-27-14-10-17)25-15-20-19-6-3-2-5-18(19)7-8-21(20)26/h7-8,17,26H,2-6,9-16H2,1H3,(H2,23,24,25). The largest absolute Gasteiger partial charge is 0.508 e. The average Bonchev–Trinajstić information content (AvgIpc) is 2.74. The maximum absolute atomic E-state index is 10.3. The van der Waals surface area contributed by atoms with Crippen LogP contribution in [0.15, 0.2) is 17.1 Å². The third-order valence-electron chi connectivity index (χ3n) is 5.73. The first kappa shape index (κ1) is 20.9. The van der Waals surface area contributed by atoms with Gasteiger partial charge in [0.25, 0.3) is 0 Å². The van der Waals surface area contributed by atoms with Crippen LogP contribution in [0.5, 0.6) is 5.75 Å². The van der Waals surface area contributed by atoms with Gasteiger partial charge in [-0.1, -0.05) is 6.07 Å². The number of phenolic OH excluding ortho intramolecular Hbond substituents is 1. The number of hydrogen-bond acceptors (Lipinski definition) is 4. The summed E-state index contributed by atoms with van der Waals surface area (Å²) in [5.41, 5.74) is 3.71. The van der Waals surface area contributed by atoms with Crippen molar-refractivity contribution in [3.63, 3.8) is 0 Å². The number of aromatic hydroxyl groups is 1. The molecule has 0 amide bonds. The van der Waals surface area contributed by atoms with Crippen LogP contribution in [0.25, 0.3) is 0 Å². The minimum Gasteiger partial charge on any atom is -0.508 e. The number of aryl methyl sites for hydroxylation is 1. The van der Waals surface area contributed by atoms with E-state index in [1.54, 1.807) is 7.05 Å². The number of ether oxygens (including phenoxy) is 2. The van der Waals surface area contributed by atoms with Crippen LogP contribution in [0.2, 0.25) is 0 Å². The lowest BCUT2D eigenvalue weighted by atomic mass is 9.88. The predicted octanol–water partition coefficient (Wildman–Crippen LogP) is 2.77. The zero-order valence-electron chi connectivity index (χ0n) is 17.1. The Kier molecular flexibility index (Phi) is 8.42. The van der Waals surface area contributed by atoms with E-state index in [1.807, 2.05) is 6.07 Å². The number of fused-ring (bicyclic) bond motifs is 1. The van der Waals surface area contributed by atoms with Gasteiger partial charge in [0.2, 0.25) is 0 Å². The number of aliphatic imine (C=N–C) groups is 1. The lowest BCUT2D eigenvalue weighted by Gasteiger charge is -2.22. The number of nitrogens with one attached hydrogen (secondary N) is 2. The maximum atomic E-state index is 10.3. The van der Waals surface area contributed by atoms with E-state index in [-0.39, 0.29) is 0 Å². The summed E-state index contributed by atoms with van der Waals surface area (Å²) in [6.07, 6.45) is 7.78.